The number of hydrogen-bond acceptors (Lipinski definition) is 4. The first-order valence-corrected chi connectivity index (χ1v) is 4.85. The number of carboxylic acids is 1. The van der Waals surface area contributed by atoms with Crippen LogP contribution in [0.4, 0.5) is 0 Å². The van der Waals surface area contributed by atoms with Crippen molar-refractivity contribution in [1.29, 1.82) is 0 Å². The Morgan fingerprint density at radius 2 is 2.40 bits per heavy atom. The molecule has 0 unspecified atom stereocenters. The van der Waals surface area contributed by atoms with Gasteiger partial charge in [0.1, 0.15) is 0 Å². The molecule has 0 atom stereocenters. The standard InChI is InChI=1S/C9H6BrNO4/c10-5-1-2-6-7(3-5)15-11-9(6)14-4-8(12)13/h1-3H,4H2,(H,12,13). The minimum absolute atomic E-state index is 0.194. The molecule has 1 aromatic heterocycles. The Labute approximate surface area is 92.7 Å². The number of fused-ring (bicyclic) bond motifs is 1. The van der Waals surface area contributed by atoms with Crippen LogP contribution in [0.1, 0.15) is 0 Å². The summed E-state index contributed by atoms with van der Waals surface area (Å²) in [6.45, 7) is -0.433. The van der Waals surface area contributed by atoms with Gasteiger partial charge in [0.2, 0.25) is 0 Å². The molecule has 0 saturated carbocycles. The van der Waals surface area contributed by atoms with Crippen molar-refractivity contribution in [3.63, 3.8) is 0 Å². The number of nitrogens with zero attached hydrogens (tertiary/aromatic N) is 1. The lowest BCUT2D eigenvalue weighted by Crippen LogP contribution is -2.09. The van der Waals surface area contributed by atoms with E-state index < -0.39 is 12.6 Å². The highest BCUT2D eigenvalue weighted by atomic mass is 79.9. The summed E-state index contributed by atoms with van der Waals surface area (Å²) in [6.07, 6.45) is 0. The van der Waals surface area contributed by atoms with Crippen molar-refractivity contribution in [3.8, 4) is 5.88 Å². The molecule has 0 spiro atoms. The minimum atomic E-state index is -1.05. The molecule has 6 heteroatoms. The van der Waals surface area contributed by atoms with Crippen molar-refractivity contribution < 1.29 is 19.2 Å². The van der Waals surface area contributed by atoms with E-state index in [1.165, 1.54) is 0 Å². The van der Waals surface area contributed by atoms with Crippen LogP contribution in [-0.2, 0) is 4.79 Å². The Kier molecular flexibility index (Phi) is 2.59. The fourth-order valence-corrected chi connectivity index (χ4v) is 1.46. The monoisotopic (exact) mass is 271 g/mol. The van der Waals surface area contributed by atoms with E-state index in [0.717, 1.165) is 4.47 Å². The quantitative estimate of drug-likeness (QED) is 0.925. The van der Waals surface area contributed by atoms with Crippen LogP contribution in [0.25, 0.3) is 11.0 Å². The average molecular weight is 272 g/mol. The van der Waals surface area contributed by atoms with Crippen LogP contribution in [0.2, 0.25) is 0 Å². The number of aliphatic carboxylic acids is 1. The summed E-state index contributed by atoms with van der Waals surface area (Å²) >= 11 is 3.28. The van der Waals surface area contributed by atoms with E-state index >= 15 is 0 Å². The molecular formula is C9H6BrNO4. The summed E-state index contributed by atoms with van der Waals surface area (Å²) in [7, 11) is 0. The molecular weight excluding hydrogens is 266 g/mol. The van der Waals surface area contributed by atoms with Gasteiger partial charge in [-0.15, -0.1) is 0 Å². The van der Waals surface area contributed by atoms with Crippen molar-refractivity contribution in [2.75, 3.05) is 6.61 Å². The summed E-state index contributed by atoms with van der Waals surface area (Å²) in [5.41, 5.74) is 0.546. The van der Waals surface area contributed by atoms with Gasteiger partial charge >= 0.3 is 5.97 Å². The first-order valence-electron chi connectivity index (χ1n) is 4.06. The SMILES string of the molecule is O=C(O)COc1noc2cc(Br)ccc12. The second-order valence-electron chi connectivity index (χ2n) is 2.81. The van der Waals surface area contributed by atoms with Gasteiger partial charge in [-0.25, -0.2) is 4.79 Å². The summed E-state index contributed by atoms with van der Waals surface area (Å²) in [6, 6.07) is 5.27. The van der Waals surface area contributed by atoms with Crippen LogP contribution in [0.5, 0.6) is 5.88 Å². The van der Waals surface area contributed by atoms with E-state index in [4.69, 9.17) is 14.4 Å². The predicted octanol–water partition coefficient (Wildman–Crippen LogP) is 2.05. The molecule has 0 aliphatic rings. The summed E-state index contributed by atoms with van der Waals surface area (Å²) in [5, 5.41) is 12.7. The fraction of sp³-hybridized carbons (Fsp3) is 0.111. The van der Waals surface area contributed by atoms with Gasteiger partial charge in [0, 0.05) is 4.47 Å². The molecule has 1 aromatic carbocycles. The Morgan fingerprint density at radius 3 is 3.13 bits per heavy atom. The number of benzene rings is 1. The van der Waals surface area contributed by atoms with E-state index in [0.29, 0.717) is 11.0 Å². The van der Waals surface area contributed by atoms with E-state index in [1.54, 1.807) is 18.2 Å². The largest absolute Gasteiger partial charge is 0.479 e. The topological polar surface area (TPSA) is 72.6 Å². The number of hydrogen-bond donors (Lipinski definition) is 1. The minimum Gasteiger partial charge on any atom is -0.479 e. The maximum absolute atomic E-state index is 10.3. The van der Waals surface area contributed by atoms with Gasteiger partial charge < -0.3 is 14.4 Å². The summed E-state index contributed by atoms with van der Waals surface area (Å²) in [5.74, 6) is -0.858. The van der Waals surface area contributed by atoms with E-state index in [1.807, 2.05) is 0 Å². The number of carboxylic acid groups (broad SMARTS) is 1. The predicted molar refractivity (Wildman–Crippen MR) is 54.8 cm³/mol. The van der Waals surface area contributed by atoms with Crippen LogP contribution in [0.3, 0.4) is 0 Å². The smallest absolute Gasteiger partial charge is 0.341 e. The molecule has 2 rings (SSSR count). The highest BCUT2D eigenvalue weighted by Crippen LogP contribution is 2.27. The van der Waals surface area contributed by atoms with Gasteiger partial charge in [-0.2, -0.15) is 0 Å². The molecule has 5 nitrogen and oxygen atoms in total. The summed E-state index contributed by atoms with van der Waals surface area (Å²) < 4.78 is 10.8. The van der Waals surface area contributed by atoms with Crippen LogP contribution in [-0.4, -0.2) is 22.8 Å². The zero-order chi connectivity index (χ0) is 10.8. The van der Waals surface area contributed by atoms with E-state index in [9.17, 15) is 4.79 Å². The van der Waals surface area contributed by atoms with Crippen molar-refractivity contribution in [2.24, 2.45) is 0 Å². The number of aromatic nitrogens is 1. The molecule has 0 radical (unpaired) electrons. The zero-order valence-electron chi connectivity index (χ0n) is 7.44. The number of rotatable bonds is 3. The normalized spacial score (nSPS) is 10.5. The number of carbonyl (C=O) groups is 1. The maximum atomic E-state index is 10.3. The third-order valence-electron chi connectivity index (χ3n) is 1.73. The third kappa shape index (κ3) is 2.10. The molecule has 0 bridgehead atoms. The van der Waals surface area contributed by atoms with Gasteiger partial charge in [-0.05, 0) is 23.4 Å². The molecule has 78 valence electrons. The lowest BCUT2D eigenvalue weighted by atomic mass is 10.3. The summed E-state index contributed by atoms with van der Waals surface area (Å²) in [4.78, 5) is 10.3. The van der Waals surface area contributed by atoms with E-state index in [2.05, 4.69) is 21.1 Å². The van der Waals surface area contributed by atoms with Gasteiger partial charge in [0.15, 0.2) is 12.2 Å². The Hall–Kier alpha value is -1.56. The van der Waals surface area contributed by atoms with Gasteiger partial charge in [0.05, 0.1) is 5.39 Å². The lowest BCUT2D eigenvalue weighted by Gasteiger charge is -1.96. The molecule has 0 aliphatic heterocycles. The molecule has 0 saturated heterocycles. The third-order valence-corrected chi connectivity index (χ3v) is 2.23. The first-order chi connectivity index (χ1) is 7.16. The van der Waals surface area contributed by atoms with Crippen molar-refractivity contribution in [2.45, 2.75) is 0 Å². The fourth-order valence-electron chi connectivity index (χ4n) is 1.12. The van der Waals surface area contributed by atoms with Crippen LogP contribution < -0.4 is 4.74 Å². The zero-order valence-corrected chi connectivity index (χ0v) is 9.02. The van der Waals surface area contributed by atoms with Crippen LogP contribution in [0, 0.1) is 0 Å². The molecule has 0 aliphatic carbocycles. The van der Waals surface area contributed by atoms with Crippen LogP contribution >= 0.6 is 15.9 Å². The highest BCUT2D eigenvalue weighted by molar-refractivity contribution is 9.10. The first kappa shape index (κ1) is 9.97. The molecule has 0 amide bonds. The second-order valence-corrected chi connectivity index (χ2v) is 3.73. The van der Waals surface area contributed by atoms with Crippen molar-refractivity contribution in [1.82, 2.24) is 5.16 Å². The molecule has 15 heavy (non-hydrogen) atoms. The maximum Gasteiger partial charge on any atom is 0.341 e. The molecule has 0 fully saturated rings. The molecule has 1 heterocycles. The lowest BCUT2D eigenvalue weighted by molar-refractivity contribution is -0.139. The van der Waals surface area contributed by atoms with E-state index in [-0.39, 0.29) is 5.88 Å². The van der Waals surface area contributed by atoms with Crippen LogP contribution in [0.15, 0.2) is 27.2 Å². The molecule has 2 aromatic rings. The second kappa shape index (κ2) is 3.90. The van der Waals surface area contributed by atoms with Gasteiger partial charge in [-0.1, -0.05) is 15.9 Å². The number of ether oxygens (including phenoxy) is 1. The Morgan fingerprint density at radius 1 is 1.60 bits per heavy atom. The van der Waals surface area contributed by atoms with Gasteiger partial charge in [-0.3, -0.25) is 0 Å². The average Bonchev–Trinajstić information content (AvgIpc) is 2.57. The van der Waals surface area contributed by atoms with Crippen molar-refractivity contribution >= 4 is 32.9 Å². The van der Waals surface area contributed by atoms with Gasteiger partial charge in [0.25, 0.3) is 5.88 Å². The Bertz CT molecular complexity index is 508. The van der Waals surface area contributed by atoms with Crippen molar-refractivity contribution in [3.05, 3.63) is 22.7 Å². The Balaban J connectivity index is 2.32. The highest BCUT2D eigenvalue weighted by Gasteiger charge is 2.10. The number of halogens is 1. The molecule has 1 N–H and O–H groups in total.